The minimum Gasteiger partial charge on any atom is -0.478 e. The van der Waals surface area contributed by atoms with Gasteiger partial charge in [0, 0.05) is 0 Å². The number of carboxylic acid groups (broad SMARTS) is 1. The number of carbonyl (C=O) groups is 1. The van der Waals surface area contributed by atoms with Crippen LogP contribution in [0, 0.1) is 18.3 Å². The summed E-state index contributed by atoms with van der Waals surface area (Å²) < 4.78 is 4.99. The van der Waals surface area contributed by atoms with Crippen molar-refractivity contribution < 1.29 is 14.6 Å². The molecule has 0 saturated heterocycles. The number of benzene rings is 1. The molecule has 0 unspecified atom stereocenters. The third kappa shape index (κ3) is 2.23. The fourth-order valence-corrected chi connectivity index (χ4v) is 1.04. The number of nitrogens with zero attached hydrogens (tertiary/aromatic N) is 1. The Morgan fingerprint density at radius 3 is 2.93 bits per heavy atom. The number of rotatable bonds is 3. The molecular formula is C10H9NO3. The van der Waals surface area contributed by atoms with Crippen molar-refractivity contribution in [3.05, 3.63) is 29.3 Å². The number of hydrogen-bond donors (Lipinski definition) is 1. The van der Waals surface area contributed by atoms with Crippen LogP contribution in [0.5, 0.6) is 5.75 Å². The number of aromatic carboxylic acids is 1. The SMILES string of the molecule is Cc1ccc(C(=O)O)c(OCC#N)c1. The molecule has 0 saturated carbocycles. The third-order valence-electron chi connectivity index (χ3n) is 1.66. The lowest BCUT2D eigenvalue weighted by Crippen LogP contribution is -2.03. The Labute approximate surface area is 81.4 Å². The highest BCUT2D eigenvalue weighted by Crippen LogP contribution is 2.20. The van der Waals surface area contributed by atoms with Gasteiger partial charge in [-0.3, -0.25) is 0 Å². The predicted molar refractivity (Wildman–Crippen MR) is 49.2 cm³/mol. The third-order valence-corrected chi connectivity index (χ3v) is 1.66. The highest BCUT2D eigenvalue weighted by Gasteiger charge is 2.10. The molecule has 4 nitrogen and oxygen atoms in total. The monoisotopic (exact) mass is 191 g/mol. The van der Waals surface area contributed by atoms with E-state index in [9.17, 15) is 4.79 Å². The van der Waals surface area contributed by atoms with Crippen molar-refractivity contribution in [1.82, 2.24) is 0 Å². The first-order chi connectivity index (χ1) is 6.65. The first-order valence-corrected chi connectivity index (χ1v) is 3.99. The Kier molecular flexibility index (Phi) is 3.08. The highest BCUT2D eigenvalue weighted by atomic mass is 16.5. The van der Waals surface area contributed by atoms with E-state index in [0.717, 1.165) is 5.56 Å². The van der Waals surface area contributed by atoms with Gasteiger partial charge in [0.15, 0.2) is 6.61 Å². The molecule has 1 aromatic carbocycles. The maximum Gasteiger partial charge on any atom is 0.339 e. The van der Waals surface area contributed by atoms with Gasteiger partial charge in [0.25, 0.3) is 0 Å². The lowest BCUT2D eigenvalue weighted by Gasteiger charge is -2.06. The molecule has 4 heteroatoms. The Morgan fingerprint density at radius 1 is 1.64 bits per heavy atom. The van der Waals surface area contributed by atoms with Gasteiger partial charge < -0.3 is 9.84 Å². The van der Waals surface area contributed by atoms with Crippen molar-refractivity contribution in [1.29, 1.82) is 5.26 Å². The molecule has 0 bridgehead atoms. The molecule has 1 aromatic rings. The first kappa shape index (κ1) is 10.1. The van der Waals surface area contributed by atoms with Crippen molar-refractivity contribution in [2.75, 3.05) is 6.61 Å². The Morgan fingerprint density at radius 2 is 2.36 bits per heavy atom. The molecule has 1 N–H and O–H groups in total. The van der Waals surface area contributed by atoms with Crippen LogP contribution in [0.1, 0.15) is 15.9 Å². The van der Waals surface area contributed by atoms with Gasteiger partial charge in [0.05, 0.1) is 0 Å². The number of carboxylic acids is 1. The molecule has 0 aromatic heterocycles. The Bertz CT molecular complexity index is 393. The summed E-state index contributed by atoms with van der Waals surface area (Å²) in [5.41, 5.74) is 0.966. The van der Waals surface area contributed by atoms with Gasteiger partial charge in [-0.1, -0.05) is 6.07 Å². The summed E-state index contributed by atoms with van der Waals surface area (Å²) >= 11 is 0. The lowest BCUT2D eigenvalue weighted by atomic mass is 10.1. The van der Waals surface area contributed by atoms with Crippen molar-refractivity contribution in [3.8, 4) is 11.8 Å². The van der Waals surface area contributed by atoms with Gasteiger partial charge in [-0.15, -0.1) is 0 Å². The molecule has 0 aliphatic carbocycles. The molecule has 0 heterocycles. The number of ether oxygens (including phenoxy) is 1. The fraction of sp³-hybridized carbons (Fsp3) is 0.200. The normalized spacial score (nSPS) is 9.14. The van der Waals surface area contributed by atoms with E-state index in [1.165, 1.54) is 6.07 Å². The van der Waals surface area contributed by atoms with Crippen LogP contribution in [0.2, 0.25) is 0 Å². The van der Waals surface area contributed by atoms with Crippen LogP contribution < -0.4 is 4.74 Å². The van der Waals surface area contributed by atoms with Gasteiger partial charge >= 0.3 is 5.97 Å². The molecule has 14 heavy (non-hydrogen) atoms. The van der Waals surface area contributed by atoms with Crippen LogP contribution in [0.4, 0.5) is 0 Å². The van der Waals surface area contributed by atoms with E-state index >= 15 is 0 Å². The summed E-state index contributed by atoms with van der Waals surface area (Å²) in [6.07, 6.45) is 0. The summed E-state index contributed by atoms with van der Waals surface area (Å²) in [6, 6.07) is 6.53. The lowest BCUT2D eigenvalue weighted by molar-refractivity contribution is 0.0693. The van der Waals surface area contributed by atoms with Gasteiger partial charge in [-0.05, 0) is 24.6 Å². The summed E-state index contributed by atoms with van der Waals surface area (Å²) in [4.78, 5) is 10.7. The summed E-state index contributed by atoms with van der Waals surface area (Å²) in [5, 5.41) is 17.1. The van der Waals surface area contributed by atoms with Crippen molar-refractivity contribution >= 4 is 5.97 Å². The molecule has 0 amide bonds. The van der Waals surface area contributed by atoms with Gasteiger partial charge in [-0.2, -0.15) is 5.26 Å². The van der Waals surface area contributed by atoms with E-state index < -0.39 is 5.97 Å². The average molecular weight is 191 g/mol. The molecular weight excluding hydrogens is 182 g/mol. The van der Waals surface area contributed by atoms with Crippen LogP contribution in [0.25, 0.3) is 0 Å². The van der Waals surface area contributed by atoms with E-state index in [1.54, 1.807) is 18.2 Å². The zero-order valence-electron chi connectivity index (χ0n) is 7.65. The second-order valence-corrected chi connectivity index (χ2v) is 2.75. The zero-order chi connectivity index (χ0) is 10.6. The standard InChI is InChI=1S/C10H9NO3/c1-7-2-3-8(10(12)13)9(6-7)14-5-4-11/h2-3,6H,5H2,1H3,(H,12,13). The highest BCUT2D eigenvalue weighted by molar-refractivity contribution is 5.90. The second kappa shape index (κ2) is 4.28. The second-order valence-electron chi connectivity index (χ2n) is 2.75. The van der Waals surface area contributed by atoms with E-state index in [4.69, 9.17) is 15.1 Å². The van der Waals surface area contributed by atoms with Crippen LogP contribution in [0.3, 0.4) is 0 Å². The van der Waals surface area contributed by atoms with Crippen LogP contribution in [-0.2, 0) is 0 Å². The maximum atomic E-state index is 10.7. The molecule has 0 aliphatic rings. The van der Waals surface area contributed by atoms with E-state index in [1.807, 2.05) is 6.92 Å². The quantitative estimate of drug-likeness (QED) is 0.787. The van der Waals surface area contributed by atoms with Gasteiger partial charge in [-0.25, -0.2) is 4.79 Å². The molecule has 0 radical (unpaired) electrons. The first-order valence-electron chi connectivity index (χ1n) is 3.99. The van der Waals surface area contributed by atoms with Gasteiger partial charge in [0.2, 0.25) is 0 Å². The minimum atomic E-state index is -1.06. The Hall–Kier alpha value is -2.02. The summed E-state index contributed by atoms with van der Waals surface area (Å²) in [7, 11) is 0. The van der Waals surface area contributed by atoms with Crippen molar-refractivity contribution in [2.45, 2.75) is 6.92 Å². The molecule has 1 rings (SSSR count). The molecule has 0 aliphatic heterocycles. The van der Waals surface area contributed by atoms with Crippen LogP contribution >= 0.6 is 0 Å². The Balaban J connectivity index is 3.04. The van der Waals surface area contributed by atoms with Crippen LogP contribution in [0.15, 0.2) is 18.2 Å². The summed E-state index contributed by atoms with van der Waals surface area (Å²) in [6.45, 7) is 1.68. The predicted octanol–water partition coefficient (Wildman–Crippen LogP) is 1.60. The van der Waals surface area contributed by atoms with Crippen molar-refractivity contribution in [2.24, 2.45) is 0 Å². The van der Waals surface area contributed by atoms with Crippen LogP contribution in [-0.4, -0.2) is 17.7 Å². The number of hydrogen-bond acceptors (Lipinski definition) is 3. The average Bonchev–Trinajstić information content (AvgIpc) is 2.14. The molecule has 0 fully saturated rings. The maximum absolute atomic E-state index is 10.7. The van der Waals surface area contributed by atoms with Crippen molar-refractivity contribution in [3.63, 3.8) is 0 Å². The minimum absolute atomic E-state index is 0.0749. The molecule has 0 atom stereocenters. The zero-order valence-corrected chi connectivity index (χ0v) is 7.65. The summed E-state index contributed by atoms with van der Waals surface area (Å²) in [5.74, 6) is -0.822. The van der Waals surface area contributed by atoms with E-state index in [0.29, 0.717) is 0 Å². The molecule has 0 spiro atoms. The number of nitriles is 1. The fourth-order valence-electron chi connectivity index (χ4n) is 1.04. The van der Waals surface area contributed by atoms with Gasteiger partial charge in [0.1, 0.15) is 17.4 Å². The topological polar surface area (TPSA) is 70.3 Å². The largest absolute Gasteiger partial charge is 0.478 e. The van der Waals surface area contributed by atoms with E-state index in [2.05, 4.69) is 0 Å². The molecule has 72 valence electrons. The smallest absolute Gasteiger partial charge is 0.339 e. The van der Waals surface area contributed by atoms with E-state index in [-0.39, 0.29) is 17.9 Å². The number of aryl methyl sites for hydroxylation is 1.